The van der Waals surface area contributed by atoms with Crippen molar-refractivity contribution in [2.24, 2.45) is 0 Å². The number of aromatic nitrogens is 1. The number of hydrogen-bond donors (Lipinski definition) is 0. The first-order valence-corrected chi connectivity index (χ1v) is 12.3. The minimum Gasteiger partial charge on any atom is -0.256 e. The highest BCUT2D eigenvalue weighted by molar-refractivity contribution is 7.22. The third kappa shape index (κ3) is 2.95. The Balaban J connectivity index is 1.52. The first-order valence-electron chi connectivity index (χ1n) is 11.4. The van der Waals surface area contributed by atoms with E-state index in [1.807, 2.05) is 17.5 Å². The van der Waals surface area contributed by atoms with Crippen molar-refractivity contribution in [3.8, 4) is 32.8 Å². The zero-order chi connectivity index (χ0) is 21.8. The molecule has 1 aliphatic carbocycles. The van der Waals surface area contributed by atoms with Crippen LogP contribution in [0.4, 0.5) is 0 Å². The van der Waals surface area contributed by atoms with Gasteiger partial charge < -0.3 is 0 Å². The van der Waals surface area contributed by atoms with Gasteiger partial charge in [0.25, 0.3) is 0 Å². The summed E-state index contributed by atoms with van der Waals surface area (Å²) in [7, 11) is 0. The molecule has 2 aromatic heterocycles. The summed E-state index contributed by atoms with van der Waals surface area (Å²) >= 11 is 1.92. The van der Waals surface area contributed by atoms with Gasteiger partial charge in [-0.15, -0.1) is 11.3 Å². The molecule has 0 aliphatic heterocycles. The van der Waals surface area contributed by atoms with E-state index in [0.29, 0.717) is 0 Å². The first-order chi connectivity index (χ1) is 16.4. The van der Waals surface area contributed by atoms with E-state index in [9.17, 15) is 0 Å². The molecule has 1 aliphatic rings. The summed E-state index contributed by atoms with van der Waals surface area (Å²) in [6.07, 6.45) is 4.14. The Bertz CT molecular complexity index is 1660. The lowest BCUT2D eigenvalue weighted by molar-refractivity contribution is 0.957. The highest BCUT2D eigenvalue weighted by Crippen LogP contribution is 2.47. The van der Waals surface area contributed by atoms with Crippen LogP contribution >= 0.6 is 11.3 Å². The zero-order valence-electron chi connectivity index (χ0n) is 18.1. The van der Waals surface area contributed by atoms with Crippen LogP contribution in [0.3, 0.4) is 0 Å². The molecule has 0 N–H and O–H groups in total. The van der Waals surface area contributed by atoms with Gasteiger partial charge in [-0.3, -0.25) is 4.98 Å². The molecular weight excluding hydrogens is 418 g/mol. The molecule has 0 saturated carbocycles. The molecule has 0 amide bonds. The molecule has 0 saturated heterocycles. The molecule has 0 unspecified atom stereocenters. The third-order valence-electron chi connectivity index (χ3n) is 6.83. The van der Waals surface area contributed by atoms with E-state index in [1.54, 1.807) is 0 Å². The van der Waals surface area contributed by atoms with Gasteiger partial charge in [-0.1, -0.05) is 78.9 Å². The number of pyridine rings is 1. The van der Waals surface area contributed by atoms with E-state index in [0.717, 1.165) is 18.5 Å². The van der Waals surface area contributed by atoms with Gasteiger partial charge in [0.15, 0.2) is 0 Å². The summed E-state index contributed by atoms with van der Waals surface area (Å²) in [5.41, 5.74) is 9.12. The summed E-state index contributed by atoms with van der Waals surface area (Å²) in [5, 5.41) is 3.87. The molecule has 0 radical (unpaired) electrons. The standard InChI is InChI=1S/C31H21NS/c1-2-8-20(9-3-1)27-19-23(18-22-11-5-6-12-24(22)27)30-29-26-15-14-21-10-4-7-13-25(21)31(26)33-28(29)16-17-32-30/h1-13,16-19H,14-15H2. The smallest absolute Gasteiger partial charge is 0.0792 e. The molecular formula is C31H21NS. The van der Waals surface area contributed by atoms with Crippen LogP contribution < -0.4 is 0 Å². The Morgan fingerprint density at radius 2 is 1.48 bits per heavy atom. The number of nitrogens with zero attached hydrogens (tertiary/aromatic N) is 1. The topological polar surface area (TPSA) is 12.9 Å². The molecule has 7 rings (SSSR count). The molecule has 0 atom stereocenters. The minimum atomic E-state index is 1.07. The van der Waals surface area contributed by atoms with Gasteiger partial charge in [0.1, 0.15) is 0 Å². The predicted molar refractivity (Wildman–Crippen MR) is 141 cm³/mol. The van der Waals surface area contributed by atoms with Gasteiger partial charge in [0, 0.05) is 26.7 Å². The molecule has 0 bridgehead atoms. The maximum Gasteiger partial charge on any atom is 0.0792 e. The number of aryl methyl sites for hydroxylation is 2. The van der Waals surface area contributed by atoms with Crippen LogP contribution in [-0.2, 0) is 12.8 Å². The van der Waals surface area contributed by atoms with Crippen LogP contribution in [0.1, 0.15) is 11.1 Å². The molecule has 0 spiro atoms. The predicted octanol–water partition coefficient (Wildman–Crippen LogP) is 8.55. The molecule has 2 heteroatoms. The zero-order valence-corrected chi connectivity index (χ0v) is 18.9. The fourth-order valence-corrected chi connectivity index (χ4v) is 6.61. The van der Waals surface area contributed by atoms with Crippen molar-refractivity contribution in [2.45, 2.75) is 12.8 Å². The van der Waals surface area contributed by atoms with E-state index in [1.165, 1.54) is 59.1 Å². The Kier molecular flexibility index (Phi) is 4.21. The van der Waals surface area contributed by atoms with Gasteiger partial charge in [0.2, 0.25) is 0 Å². The van der Waals surface area contributed by atoms with Crippen molar-refractivity contribution in [1.82, 2.24) is 4.98 Å². The van der Waals surface area contributed by atoms with E-state index < -0.39 is 0 Å². The summed E-state index contributed by atoms with van der Waals surface area (Å²) in [4.78, 5) is 6.38. The van der Waals surface area contributed by atoms with Crippen molar-refractivity contribution in [2.75, 3.05) is 0 Å². The monoisotopic (exact) mass is 439 g/mol. The molecule has 0 fully saturated rings. The average Bonchev–Trinajstić information content (AvgIpc) is 3.28. The van der Waals surface area contributed by atoms with Crippen LogP contribution in [0.15, 0.2) is 103 Å². The minimum absolute atomic E-state index is 1.07. The molecule has 33 heavy (non-hydrogen) atoms. The van der Waals surface area contributed by atoms with Crippen molar-refractivity contribution in [1.29, 1.82) is 0 Å². The molecule has 6 aromatic rings. The molecule has 156 valence electrons. The summed E-state index contributed by atoms with van der Waals surface area (Å²) in [6, 6.07) is 35.1. The van der Waals surface area contributed by atoms with E-state index in [4.69, 9.17) is 4.98 Å². The van der Waals surface area contributed by atoms with Gasteiger partial charge in [0.05, 0.1) is 5.69 Å². The van der Waals surface area contributed by atoms with E-state index >= 15 is 0 Å². The lowest BCUT2D eigenvalue weighted by Gasteiger charge is -2.17. The number of rotatable bonds is 2. The third-order valence-corrected chi connectivity index (χ3v) is 8.06. The van der Waals surface area contributed by atoms with Crippen LogP contribution in [0.25, 0.3) is 53.7 Å². The van der Waals surface area contributed by atoms with Crippen LogP contribution in [-0.4, -0.2) is 4.98 Å². The fourth-order valence-electron chi connectivity index (χ4n) is 5.30. The number of thiophene rings is 1. The average molecular weight is 440 g/mol. The van der Waals surface area contributed by atoms with Gasteiger partial charge in [-0.05, 0) is 69.6 Å². The lowest BCUT2D eigenvalue weighted by Crippen LogP contribution is -2.01. The Morgan fingerprint density at radius 3 is 2.42 bits per heavy atom. The molecule has 2 heterocycles. The van der Waals surface area contributed by atoms with Gasteiger partial charge in [-0.2, -0.15) is 0 Å². The maximum absolute atomic E-state index is 4.96. The van der Waals surface area contributed by atoms with Crippen molar-refractivity contribution < 1.29 is 0 Å². The number of benzene rings is 4. The quantitative estimate of drug-likeness (QED) is 0.263. The first kappa shape index (κ1) is 18.8. The van der Waals surface area contributed by atoms with Crippen LogP contribution in [0.2, 0.25) is 0 Å². The van der Waals surface area contributed by atoms with E-state index in [-0.39, 0.29) is 0 Å². The van der Waals surface area contributed by atoms with Gasteiger partial charge >= 0.3 is 0 Å². The second kappa shape index (κ2) is 7.40. The second-order valence-corrected chi connectivity index (χ2v) is 9.76. The van der Waals surface area contributed by atoms with Crippen LogP contribution in [0.5, 0.6) is 0 Å². The number of hydrogen-bond acceptors (Lipinski definition) is 2. The SMILES string of the molecule is c1ccc(-c2cc(-c3nccc4sc5c(c34)CCc3ccccc3-5)cc3ccccc23)cc1. The van der Waals surface area contributed by atoms with Crippen molar-refractivity contribution >= 4 is 32.2 Å². The fraction of sp³-hybridized carbons (Fsp3) is 0.0645. The van der Waals surface area contributed by atoms with E-state index in [2.05, 4.69) is 97.1 Å². The normalized spacial score (nSPS) is 12.6. The van der Waals surface area contributed by atoms with Crippen molar-refractivity contribution in [3.05, 3.63) is 114 Å². The summed E-state index contributed by atoms with van der Waals surface area (Å²) in [6.45, 7) is 0. The summed E-state index contributed by atoms with van der Waals surface area (Å²) in [5.74, 6) is 0. The van der Waals surface area contributed by atoms with Gasteiger partial charge in [-0.25, -0.2) is 0 Å². The van der Waals surface area contributed by atoms with Crippen LogP contribution in [0, 0.1) is 0 Å². The number of fused-ring (bicyclic) bond motifs is 6. The Morgan fingerprint density at radius 1 is 0.667 bits per heavy atom. The van der Waals surface area contributed by atoms with Crippen molar-refractivity contribution in [3.63, 3.8) is 0 Å². The molecule has 1 nitrogen and oxygen atoms in total. The molecule has 4 aromatic carbocycles. The second-order valence-electron chi connectivity index (χ2n) is 8.71. The largest absolute Gasteiger partial charge is 0.256 e. The Hall–Kier alpha value is -3.75. The highest BCUT2D eigenvalue weighted by Gasteiger charge is 2.23. The summed E-state index contributed by atoms with van der Waals surface area (Å²) < 4.78 is 1.33. The Labute approximate surface area is 197 Å². The lowest BCUT2D eigenvalue weighted by atomic mass is 9.88. The highest BCUT2D eigenvalue weighted by atomic mass is 32.1. The maximum atomic E-state index is 4.96.